The first-order chi connectivity index (χ1) is 15.8. The Hall–Kier alpha value is -2.20. The van der Waals surface area contributed by atoms with E-state index < -0.39 is 35.8 Å². The molecule has 2 heterocycles. The van der Waals surface area contributed by atoms with Gasteiger partial charge in [0.2, 0.25) is 11.8 Å². The van der Waals surface area contributed by atoms with E-state index in [0.717, 1.165) is 24.2 Å². The van der Waals surface area contributed by atoms with Gasteiger partial charge in [0, 0.05) is 26.2 Å². The van der Waals surface area contributed by atoms with Crippen LogP contribution in [0.2, 0.25) is 0 Å². The van der Waals surface area contributed by atoms with Gasteiger partial charge in [-0.25, -0.2) is 4.79 Å². The molecule has 6 atom stereocenters. The molecule has 3 rings (SSSR count). The first-order valence-electron chi connectivity index (χ1n) is 12.2. The number of carbonyl (C=O) groups is 4. The fourth-order valence-corrected chi connectivity index (χ4v) is 5.41. The van der Waals surface area contributed by atoms with Gasteiger partial charge < -0.3 is 19.7 Å². The zero-order valence-electron chi connectivity index (χ0n) is 20.2. The minimum atomic E-state index is -0.582. The highest BCUT2D eigenvalue weighted by Gasteiger charge is 2.53. The molecule has 10 nitrogen and oxygen atoms in total. The summed E-state index contributed by atoms with van der Waals surface area (Å²) in [6, 6.07) is -0.873. The van der Waals surface area contributed by atoms with Crippen LogP contribution >= 0.6 is 0 Å². The number of carbonyl (C=O) groups excluding carboxylic acids is 4. The van der Waals surface area contributed by atoms with Gasteiger partial charge in [0.1, 0.15) is 6.54 Å². The zero-order valence-corrected chi connectivity index (χ0v) is 20.2. The summed E-state index contributed by atoms with van der Waals surface area (Å²) in [5.74, 6) is -2.01. The molecule has 0 spiro atoms. The standard InChI is InChI=1S/C23H38N4O6/c1-5-14-12-24-20-18(19(14)32-6-2)21(29)27(23(31)26(20)4)13-17(28)25-16-11-9-8-10-15(16)22(30)33-7-3/h14-16,18-20,24H,5-13H2,1-4H3,(H,25,28). The van der Waals surface area contributed by atoms with E-state index in [-0.39, 0.29) is 37.2 Å². The minimum absolute atomic E-state index is 0.139. The number of nitrogens with one attached hydrogen (secondary N) is 2. The minimum Gasteiger partial charge on any atom is -0.466 e. The monoisotopic (exact) mass is 466 g/mol. The van der Waals surface area contributed by atoms with Crippen LogP contribution in [0, 0.1) is 17.8 Å². The number of hydrogen-bond donors (Lipinski definition) is 2. The molecule has 2 N–H and O–H groups in total. The Labute approximate surface area is 195 Å². The largest absolute Gasteiger partial charge is 0.466 e. The predicted octanol–water partition coefficient (Wildman–Crippen LogP) is 1.10. The van der Waals surface area contributed by atoms with E-state index in [1.807, 2.05) is 6.92 Å². The van der Waals surface area contributed by atoms with Crippen molar-refractivity contribution in [1.82, 2.24) is 20.4 Å². The van der Waals surface area contributed by atoms with E-state index in [1.165, 1.54) is 4.90 Å². The highest BCUT2D eigenvalue weighted by molar-refractivity contribution is 6.02. The summed E-state index contributed by atoms with van der Waals surface area (Å²) < 4.78 is 11.1. The first kappa shape index (κ1) is 25.4. The van der Waals surface area contributed by atoms with Crippen molar-refractivity contribution in [3.05, 3.63) is 0 Å². The van der Waals surface area contributed by atoms with Crippen molar-refractivity contribution in [2.75, 3.05) is 33.4 Å². The van der Waals surface area contributed by atoms with E-state index in [2.05, 4.69) is 17.6 Å². The molecule has 1 aliphatic carbocycles. The van der Waals surface area contributed by atoms with Crippen LogP contribution in [-0.4, -0.2) is 85.3 Å². The average Bonchev–Trinajstić information content (AvgIpc) is 2.80. The van der Waals surface area contributed by atoms with Gasteiger partial charge in [-0.3, -0.25) is 24.6 Å². The Morgan fingerprint density at radius 2 is 1.85 bits per heavy atom. The van der Waals surface area contributed by atoms with Crippen LogP contribution in [0.1, 0.15) is 52.9 Å². The fourth-order valence-electron chi connectivity index (χ4n) is 5.41. The highest BCUT2D eigenvalue weighted by atomic mass is 16.5. The van der Waals surface area contributed by atoms with Crippen LogP contribution in [-0.2, 0) is 23.9 Å². The van der Waals surface area contributed by atoms with Gasteiger partial charge >= 0.3 is 12.0 Å². The van der Waals surface area contributed by atoms with Gasteiger partial charge in [-0.15, -0.1) is 0 Å². The van der Waals surface area contributed by atoms with E-state index in [0.29, 0.717) is 26.0 Å². The quantitative estimate of drug-likeness (QED) is 0.514. The third kappa shape index (κ3) is 5.32. The van der Waals surface area contributed by atoms with Gasteiger partial charge in [-0.2, -0.15) is 0 Å². The van der Waals surface area contributed by atoms with Crippen LogP contribution in [0.25, 0.3) is 0 Å². The van der Waals surface area contributed by atoms with Crippen molar-refractivity contribution < 1.29 is 28.7 Å². The Balaban J connectivity index is 1.72. The molecule has 6 unspecified atom stereocenters. The predicted molar refractivity (Wildman–Crippen MR) is 120 cm³/mol. The van der Waals surface area contributed by atoms with Crippen LogP contribution < -0.4 is 10.6 Å². The summed E-state index contributed by atoms with van der Waals surface area (Å²) in [6.45, 7) is 6.72. The van der Waals surface area contributed by atoms with Crippen molar-refractivity contribution in [2.24, 2.45) is 17.8 Å². The van der Waals surface area contributed by atoms with Crippen molar-refractivity contribution in [1.29, 1.82) is 0 Å². The van der Waals surface area contributed by atoms with Gasteiger partial charge in [0.05, 0.1) is 30.7 Å². The highest BCUT2D eigenvalue weighted by Crippen LogP contribution is 2.33. The van der Waals surface area contributed by atoms with E-state index in [4.69, 9.17) is 9.47 Å². The fraction of sp³-hybridized carbons (Fsp3) is 0.826. The van der Waals surface area contributed by atoms with Crippen molar-refractivity contribution in [3.8, 4) is 0 Å². The Morgan fingerprint density at radius 1 is 1.12 bits per heavy atom. The van der Waals surface area contributed by atoms with Gasteiger partial charge in [0.15, 0.2) is 0 Å². The van der Waals surface area contributed by atoms with Gasteiger partial charge in [0.25, 0.3) is 0 Å². The second kappa shape index (κ2) is 11.3. The van der Waals surface area contributed by atoms with E-state index >= 15 is 0 Å². The zero-order chi connectivity index (χ0) is 24.1. The van der Waals surface area contributed by atoms with Gasteiger partial charge in [-0.1, -0.05) is 19.8 Å². The smallest absolute Gasteiger partial charge is 0.328 e. The normalized spacial score (nSPS) is 32.4. The molecule has 0 aromatic rings. The average molecular weight is 467 g/mol. The van der Waals surface area contributed by atoms with Gasteiger partial charge in [-0.05, 0) is 39.0 Å². The SMILES string of the molecule is CCOC(=O)C1CCCCC1NC(=O)CN1C(=O)C2C(OCC)C(CC)CNC2N(C)C1=O. The summed E-state index contributed by atoms with van der Waals surface area (Å²) in [4.78, 5) is 54.2. The van der Waals surface area contributed by atoms with Crippen LogP contribution in [0.5, 0.6) is 0 Å². The summed E-state index contributed by atoms with van der Waals surface area (Å²) in [5, 5.41) is 6.21. The molecule has 3 aliphatic rings. The summed E-state index contributed by atoms with van der Waals surface area (Å²) in [5.41, 5.74) is 0. The maximum Gasteiger partial charge on any atom is 0.328 e. The number of urea groups is 1. The molecule has 0 aromatic heterocycles. The number of rotatable bonds is 8. The topological polar surface area (TPSA) is 117 Å². The summed E-state index contributed by atoms with van der Waals surface area (Å²) in [6.07, 6.45) is 3.16. The maximum atomic E-state index is 13.5. The lowest BCUT2D eigenvalue weighted by atomic mass is 9.80. The lowest BCUT2D eigenvalue weighted by Gasteiger charge is -2.50. The second-order valence-corrected chi connectivity index (χ2v) is 9.10. The van der Waals surface area contributed by atoms with Crippen LogP contribution in [0.4, 0.5) is 4.79 Å². The number of nitrogens with zero attached hydrogens (tertiary/aromatic N) is 2. The molecule has 4 amide bonds. The number of amides is 4. The number of hydrogen-bond acceptors (Lipinski definition) is 7. The number of esters is 1. The Bertz CT molecular complexity index is 746. The van der Waals surface area contributed by atoms with Crippen molar-refractivity contribution in [2.45, 2.75) is 71.2 Å². The molecule has 10 heteroatoms. The second-order valence-electron chi connectivity index (χ2n) is 9.10. The van der Waals surface area contributed by atoms with E-state index in [1.54, 1.807) is 14.0 Å². The number of fused-ring (bicyclic) bond motifs is 1. The van der Waals surface area contributed by atoms with E-state index in [9.17, 15) is 19.2 Å². The molecule has 2 saturated heterocycles. The summed E-state index contributed by atoms with van der Waals surface area (Å²) in [7, 11) is 1.64. The molecule has 3 fully saturated rings. The molecular weight excluding hydrogens is 428 g/mol. The van der Waals surface area contributed by atoms with Crippen molar-refractivity contribution >= 4 is 23.8 Å². The molecule has 33 heavy (non-hydrogen) atoms. The summed E-state index contributed by atoms with van der Waals surface area (Å²) >= 11 is 0. The van der Waals surface area contributed by atoms with Crippen molar-refractivity contribution in [3.63, 3.8) is 0 Å². The molecular formula is C23H38N4O6. The first-order valence-corrected chi connectivity index (χ1v) is 12.2. The lowest BCUT2D eigenvalue weighted by molar-refractivity contribution is -0.158. The Kier molecular flexibility index (Phi) is 8.69. The third-order valence-corrected chi connectivity index (χ3v) is 7.14. The molecule has 2 aliphatic heterocycles. The molecule has 0 radical (unpaired) electrons. The number of imide groups is 1. The van der Waals surface area contributed by atoms with Crippen LogP contribution in [0.3, 0.4) is 0 Å². The lowest BCUT2D eigenvalue weighted by Crippen LogP contribution is -2.72. The third-order valence-electron chi connectivity index (χ3n) is 7.14. The number of piperidine rings is 1. The molecule has 1 saturated carbocycles. The molecule has 0 bridgehead atoms. The molecule has 186 valence electrons. The Morgan fingerprint density at radius 3 is 2.52 bits per heavy atom. The van der Waals surface area contributed by atoms with Crippen LogP contribution in [0.15, 0.2) is 0 Å². The molecule has 0 aromatic carbocycles. The number of ether oxygens (including phenoxy) is 2. The maximum absolute atomic E-state index is 13.5.